The molecule has 17 heavy (non-hydrogen) atoms. The highest BCUT2D eigenvalue weighted by Crippen LogP contribution is 2.20. The summed E-state index contributed by atoms with van der Waals surface area (Å²) in [6.07, 6.45) is 7.66. The van der Waals surface area contributed by atoms with Gasteiger partial charge in [0, 0.05) is 18.8 Å². The van der Waals surface area contributed by atoms with E-state index in [0.29, 0.717) is 12.2 Å². The Bertz CT molecular complexity index is 374. The van der Waals surface area contributed by atoms with E-state index in [1.165, 1.54) is 12.8 Å². The van der Waals surface area contributed by atoms with Crippen molar-refractivity contribution in [3.8, 4) is 0 Å². The molecule has 0 aromatic carbocycles. The predicted octanol–water partition coefficient (Wildman–Crippen LogP) is 1.10. The molecular formula is C12H20N4O. The maximum atomic E-state index is 5.78. The first-order valence-electron chi connectivity index (χ1n) is 6.57. The van der Waals surface area contributed by atoms with E-state index in [1.807, 2.05) is 10.9 Å². The average Bonchev–Trinajstić information content (AvgIpc) is 2.90. The van der Waals surface area contributed by atoms with Gasteiger partial charge in [0.25, 0.3) is 0 Å². The largest absolute Gasteiger partial charge is 0.373 e. The topological polar surface area (TPSA) is 52.0 Å². The molecule has 5 nitrogen and oxygen atoms in total. The average molecular weight is 236 g/mol. The summed E-state index contributed by atoms with van der Waals surface area (Å²) in [6.45, 7) is 3.81. The smallest absolute Gasteiger partial charge is 0.0964 e. The molecule has 1 saturated carbocycles. The maximum absolute atomic E-state index is 5.78. The molecule has 1 aromatic heterocycles. The molecule has 0 bridgehead atoms. The lowest BCUT2D eigenvalue weighted by atomic mass is 10.2. The minimum atomic E-state index is 0.316. The summed E-state index contributed by atoms with van der Waals surface area (Å²) in [5.74, 6) is 0. The first kappa shape index (κ1) is 11.2. The predicted molar refractivity (Wildman–Crippen MR) is 63.5 cm³/mol. The molecule has 2 fully saturated rings. The summed E-state index contributed by atoms with van der Waals surface area (Å²) in [4.78, 5) is 0. The summed E-state index contributed by atoms with van der Waals surface area (Å²) < 4.78 is 7.69. The fourth-order valence-electron chi connectivity index (χ4n) is 2.27. The molecule has 2 heterocycles. The van der Waals surface area contributed by atoms with Gasteiger partial charge in [-0.2, -0.15) is 0 Å². The summed E-state index contributed by atoms with van der Waals surface area (Å²) in [6, 6.07) is 0.721. The monoisotopic (exact) mass is 236 g/mol. The van der Waals surface area contributed by atoms with Crippen molar-refractivity contribution < 1.29 is 4.74 Å². The fraction of sp³-hybridized carbons (Fsp3) is 0.833. The first-order chi connectivity index (χ1) is 8.29. The second-order valence-electron chi connectivity index (χ2n) is 5.23. The van der Waals surface area contributed by atoms with Gasteiger partial charge in [0.15, 0.2) is 0 Å². The standard InChI is InChI=1S/C12H20N4O/c1-9-2-5-12(17-9)8-16-7-11(14-15-16)6-13-10-3-4-10/h7,9-10,12-13H,2-6,8H2,1H3. The van der Waals surface area contributed by atoms with Gasteiger partial charge in [-0.15, -0.1) is 5.10 Å². The minimum Gasteiger partial charge on any atom is -0.373 e. The van der Waals surface area contributed by atoms with Crippen molar-refractivity contribution in [3.05, 3.63) is 11.9 Å². The molecule has 94 valence electrons. The lowest BCUT2D eigenvalue weighted by Crippen LogP contribution is -2.17. The van der Waals surface area contributed by atoms with Crippen molar-refractivity contribution in [1.82, 2.24) is 20.3 Å². The van der Waals surface area contributed by atoms with Gasteiger partial charge < -0.3 is 10.1 Å². The van der Waals surface area contributed by atoms with Crippen LogP contribution in [0.4, 0.5) is 0 Å². The van der Waals surface area contributed by atoms with Crippen LogP contribution in [0.2, 0.25) is 0 Å². The number of rotatable bonds is 5. The Labute approximate surface area is 102 Å². The molecule has 0 radical (unpaired) electrons. The molecule has 1 aromatic rings. The molecule has 0 amide bonds. The van der Waals surface area contributed by atoms with Crippen molar-refractivity contribution >= 4 is 0 Å². The number of nitrogens with one attached hydrogen (secondary N) is 1. The van der Waals surface area contributed by atoms with Gasteiger partial charge in [0.1, 0.15) is 0 Å². The van der Waals surface area contributed by atoms with Crippen LogP contribution in [0.5, 0.6) is 0 Å². The second-order valence-corrected chi connectivity index (χ2v) is 5.23. The van der Waals surface area contributed by atoms with Gasteiger partial charge in [-0.05, 0) is 32.6 Å². The SMILES string of the molecule is CC1CCC(Cn2cc(CNC3CC3)nn2)O1. The van der Waals surface area contributed by atoms with Crippen molar-refractivity contribution in [2.45, 2.75) is 63.9 Å². The zero-order valence-corrected chi connectivity index (χ0v) is 10.3. The lowest BCUT2D eigenvalue weighted by molar-refractivity contribution is 0.0434. The summed E-state index contributed by atoms with van der Waals surface area (Å²) >= 11 is 0. The summed E-state index contributed by atoms with van der Waals surface area (Å²) in [5, 5.41) is 11.8. The molecule has 2 aliphatic rings. The van der Waals surface area contributed by atoms with Crippen LogP contribution in [0.25, 0.3) is 0 Å². The van der Waals surface area contributed by atoms with E-state index in [2.05, 4.69) is 22.6 Å². The van der Waals surface area contributed by atoms with Crippen LogP contribution in [0.1, 0.15) is 38.3 Å². The van der Waals surface area contributed by atoms with E-state index in [1.54, 1.807) is 0 Å². The Balaban J connectivity index is 1.49. The quantitative estimate of drug-likeness (QED) is 0.831. The third-order valence-electron chi connectivity index (χ3n) is 3.45. The molecule has 5 heteroatoms. The fourth-order valence-corrected chi connectivity index (χ4v) is 2.27. The van der Waals surface area contributed by atoms with E-state index < -0.39 is 0 Å². The van der Waals surface area contributed by atoms with E-state index in [9.17, 15) is 0 Å². The van der Waals surface area contributed by atoms with E-state index in [0.717, 1.165) is 37.7 Å². The molecule has 2 unspecified atom stereocenters. The highest BCUT2D eigenvalue weighted by Gasteiger charge is 2.23. The maximum Gasteiger partial charge on any atom is 0.0964 e. The normalized spacial score (nSPS) is 28.8. The van der Waals surface area contributed by atoms with E-state index >= 15 is 0 Å². The Hall–Kier alpha value is -0.940. The minimum absolute atomic E-state index is 0.316. The van der Waals surface area contributed by atoms with Crippen LogP contribution in [0.3, 0.4) is 0 Å². The van der Waals surface area contributed by atoms with E-state index in [4.69, 9.17) is 4.74 Å². The van der Waals surface area contributed by atoms with Gasteiger partial charge in [-0.1, -0.05) is 5.21 Å². The highest BCUT2D eigenvalue weighted by atomic mass is 16.5. The van der Waals surface area contributed by atoms with Crippen molar-refractivity contribution in [3.63, 3.8) is 0 Å². The van der Waals surface area contributed by atoms with Crippen LogP contribution >= 0.6 is 0 Å². The Morgan fingerprint density at radius 3 is 3.00 bits per heavy atom. The number of aromatic nitrogens is 3. The molecule has 0 spiro atoms. The first-order valence-corrected chi connectivity index (χ1v) is 6.57. The van der Waals surface area contributed by atoms with Crippen LogP contribution in [-0.4, -0.2) is 33.2 Å². The van der Waals surface area contributed by atoms with Crippen molar-refractivity contribution in [2.24, 2.45) is 0 Å². The van der Waals surface area contributed by atoms with E-state index in [-0.39, 0.29) is 0 Å². The number of nitrogens with zero attached hydrogens (tertiary/aromatic N) is 3. The van der Waals surface area contributed by atoms with Crippen molar-refractivity contribution in [2.75, 3.05) is 0 Å². The number of hydrogen-bond acceptors (Lipinski definition) is 4. The van der Waals surface area contributed by atoms with Crippen molar-refractivity contribution in [1.29, 1.82) is 0 Å². The highest BCUT2D eigenvalue weighted by molar-refractivity contribution is 4.94. The molecular weight excluding hydrogens is 216 g/mol. The lowest BCUT2D eigenvalue weighted by Gasteiger charge is -2.09. The molecule has 1 aliphatic heterocycles. The third kappa shape index (κ3) is 3.04. The summed E-state index contributed by atoms with van der Waals surface area (Å²) in [7, 11) is 0. The van der Waals surface area contributed by atoms with Crippen LogP contribution in [-0.2, 0) is 17.8 Å². The van der Waals surface area contributed by atoms with Gasteiger partial charge in [0.2, 0.25) is 0 Å². The van der Waals surface area contributed by atoms with Gasteiger partial charge in [-0.25, -0.2) is 4.68 Å². The third-order valence-corrected chi connectivity index (χ3v) is 3.45. The van der Waals surface area contributed by atoms with Gasteiger partial charge >= 0.3 is 0 Å². The molecule has 1 N–H and O–H groups in total. The Morgan fingerprint density at radius 2 is 2.29 bits per heavy atom. The molecule has 1 aliphatic carbocycles. The van der Waals surface area contributed by atoms with Crippen LogP contribution < -0.4 is 5.32 Å². The molecule has 2 atom stereocenters. The Morgan fingerprint density at radius 1 is 1.41 bits per heavy atom. The summed E-state index contributed by atoms with van der Waals surface area (Å²) in [5.41, 5.74) is 1.03. The van der Waals surface area contributed by atoms with Crippen LogP contribution in [0.15, 0.2) is 6.20 Å². The number of hydrogen-bond donors (Lipinski definition) is 1. The van der Waals surface area contributed by atoms with Crippen LogP contribution in [0, 0.1) is 0 Å². The van der Waals surface area contributed by atoms with Gasteiger partial charge in [0.05, 0.1) is 24.4 Å². The van der Waals surface area contributed by atoms with Gasteiger partial charge in [-0.3, -0.25) is 0 Å². The zero-order chi connectivity index (χ0) is 11.7. The second kappa shape index (κ2) is 4.74. The number of ether oxygens (including phenoxy) is 1. The zero-order valence-electron chi connectivity index (χ0n) is 10.3. The molecule has 3 rings (SSSR count). The molecule has 1 saturated heterocycles. The Kier molecular flexibility index (Phi) is 3.11.